The molecule has 2 N–H and O–H groups in total. The van der Waals surface area contributed by atoms with Gasteiger partial charge in [0.15, 0.2) is 0 Å². The number of hydrogen-bond donors (Lipinski definition) is 1. The van der Waals surface area contributed by atoms with Crippen molar-refractivity contribution in [1.82, 2.24) is 4.90 Å². The Morgan fingerprint density at radius 2 is 2.19 bits per heavy atom. The highest BCUT2D eigenvalue weighted by Crippen LogP contribution is 2.27. The van der Waals surface area contributed by atoms with Crippen LogP contribution in [0.15, 0.2) is 18.2 Å². The fourth-order valence-corrected chi connectivity index (χ4v) is 2.02. The summed E-state index contributed by atoms with van der Waals surface area (Å²) in [6.45, 7) is 4.58. The fraction of sp³-hybridized carbons (Fsp3) is 0.500. The van der Waals surface area contributed by atoms with E-state index in [0.29, 0.717) is 13.2 Å². The Morgan fingerprint density at radius 1 is 1.52 bits per heavy atom. The summed E-state index contributed by atoms with van der Waals surface area (Å²) in [7, 11) is 1.54. The number of rotatable bonds is 7. The number of hydrogen-bond acceptors (Lipinski definition) is 5. The van der Waals surface area contributed by atoms with Crippen LogP contribution in [0, 0.1) is 10.1 Å². The van der Waals surface area contributed by atoms with Crippen molar-refractivity contribution in [2.45, 2.75) is 26.3 Å². The van der Waals surface area contributed by atoms with E-state index in [1.54, 1.807) is 18.1 Å². The quantitative estimate of drug-likeness (QED) is 0.471. The van der Waals surface area contributed by atoms with E-state index in [2.05, 4.69) is 0 Å². The third-order valence-electron chi connectivity index (χ3n) is 3.40. The van der Waals surface area contributed by atoms with Gasteiger partial charge in [-0.25, -0.2) is 0 Å². The summed E-state index contributed by atoms with van der Waals surface area (Å²) >= 11 is 0. The molecule has 21 heavy (non-hydrogen) atoms. The van der Waals surface area contributed by atoms with E-state index < -0.39 is 10.8 Å². The molecule has 116 valence electrons. The summed E-state index contributed by atoms with van der Waals surface area (Å²) < 4.78 is 5.00. The first-order valence-corrected chi connectivity index (χ1v) is 6.76. The summed E-state index contributed by atoms with van der Waals surface area (Å²) in [5, 5.41) is 11.2. The van der Waals surface area contributed by atoms with Gasteiger partial charge in [-0.3, -0.25) is 14.9 Å². The van der Waals surface area contributed by atoms with E-state index in [-0.39, 0.29) is 23.0 Å². The second kappa shape index (κ2) is 7.58. The minimum absolute atomic E-state index is 0.0106. The summed E-state index contributed by atoms with van der Waals surface area (Å²) in [5.41, 5.74) is 5.29. The lowest BCUT2D eigenvalue weighted by atomic mass is 10.1. The standard InChI is InChI=1S/C14H21N3O4/c1-4-10(2)16(8-9-21-3)14(18)11-6-5-7-12(15)13(11)17(19)20/h5-7,10H,4,8-9,15H2,1-3H3. The van der Waals surface area contributed by atoms with Crippen LogP contribution in [0.5, 0.6) is 0 Å². The lowest BCUT2D eigenvalue weighted by Crippen LogP contribution is -2.40. The predicted octanol–water partition coefficient (Wildman–Crippen LogP) is 2.06. The normalized spacial score (nSPS) is 12.0. The number of para-hydroxylation sites is 1. The zero-order chi connectivity index (χ0) is 16.0. The number of nitrogens with two attached hydrogens (primary N) is 1. The van der Waals surface area contributed by atoms with E-state index in [1.807, 2.05) is 13.8 Å². The van der Waals surface area contributed by atoms with Gasteiger partial charge in [0.25, 0.3) is 5.91 Å². The molecule has 1 unspecified atom stereocenters. The molecule has 1 aromatic carbocycles. The number of methoxy groups -OCH3 is 1. The van der Waals surface area contributed by atoms with Gasteiger partial charge in [-0.15, -0.1) is 0 Å². The molecule has 0 heterocycles. The van der Waals surface area contributed by atoms with Crippen LogP contribution in [0.2, 0.25) is 0 Å². The number of amides is 1. The maximum atomic E-state index is 12.6. The summed E-state index contributed by atoms with van der Waals surface area (Å²) in [4.78, 5) is 24.7. The molecular formula is C14H21N3O4. The molecule has 0 aliphatic carbocycles. The molecule has 1 rings (SSSR count). The Bertz CT molecular complexity index is 519. The van der Waals surface area contributed by atoms with Crippen LogP contribution in [-0.4, -0.2) is 42.0 Å². The van der Waals surface area contributed by atoms with Gasteiger partial charge >= 0.3 is 5.69 Å². The highest BCUT2D eigenvalue weighted by molar-refractivity contribution is 6.00. The number of carbonyl (C=O) groups excluding carboxylic acids is 1. The number of ether oxygens (including phenoxy) is 1. The van der Waals surface area contributed by atoms with Gasteiger partial charge in [0.1, 0.15) is 11.3 Å². The van der Waals surface area contributed by atoms with Crippen LogP contribution in [-0.2, 0) is 4.74 Å². The van der Waals surface area contributed by atoms with Crippen LogP contribution < -0.4 is 5.73 Å². The smallest absolute Gasteiger partial charge is 0.304 e. The van der Waals surface area contributed by atoms with Crippen LogP contribution in [0.3, 0.4) is 0 Å². The monoisotopic (exact) mass is 295 g/mol. The molecule has 7 nitrogen and oxygen atoms in total. The van der Waals surface area contributed by atoms with E-state index in [0.717, 1.165) is 6.42 Å². The lowest BCUT2D eigenvalue weighted by Gasteiger charge is -2.28. The van der Waals surface area contributed by atoms with Crippen molar-refractivity contribution in [2.24, 2.45) is 0 Å². The first kappa shape index (κ1) is 16.9. The number of carbonyl (C=O) groups is 1. The number of benzene rings is 1. The molecule has 0 aliphatic heterocycles. The van der Waals surface area contributed by atoms with E-state index in [9.17, 15) is 14.9 Å². The van der Waals surface area contributed by atoms with Gasteiger partial charge in [-0.05, 0) is 25.5 Å². The zero-order valence-corrected chi connectivity index (χ0v) is 12.5. The Hall–Kier alpha value is -2.15. The van der Waals surface area contributed by atoms with Crippen LogP contribution in [0.25, 0.3) is 0 Å². The number of nitrogens with zero attached hydrogens (tertiary/aromatic N) is 2. The number of anilines is 1. The van der Waals surface area contributed by atoms with Crippen molar-refractivity contribution in [2.75, 3.05) is 26.0 Å². The fourth-order valence-electron chi connectivity index (χ4n) is 2.02. The van der Waals surface area contributed by atoms with E-state index in [1.165, 1.54) is 12.1 Å². The molecular weight excluding hydrogens is 274 g/mol. The second-order valence-electron chi connectivity index (χ2n) is 4.75. The molecule has 0 aromatic heterocycles. The highest BCUT2D eigenvalue weighted by Gasteiger charge is 2.28. The third kappa shape index (κ3) is 3.91. The highest BCUT2D eigenvalue weighted by atomic mass is 16.6. The van der Waals surface area contributed by atoms with Crippen molar-refractivity contribution in [3.8, 4) is 0 Å². The van der Waals surface area contributed by atoms with Gasteiger partial charge in [0, 0.05) is 19.7 Å². The Balaban J connectivity index is 3.20. The van der Waals surface area contributed by atoms with E-state index in [4.69, 9.17) is 10.5 Å². The van der Waals surface area contributed by atoms with Gasteiger partial charge in [0.2, 0.25) is 0 Å². The predicted molar refractivity (Wildman–Crippen MR) is 80.2 cm³/mol. The van der Waals surface area contributed by atoms with Crippen LogP contribution in [0.4, 0.5) is 11.4 Å². The third-order valence-corrected chi connectivity index (χ3v) is 3.40. The minimum atomic E-state index is -0.617. The number of nitro groups is 1. The van der Waals surface area contributed by atoms with Gasteiger partial charge in [-0.1, -0.05) is 13.0 Å². The Kier molecular flexibility index (Phi) is 6.10. The summed E-state index contributed by atoms with van der Waals surface area (Å²) in [6, 6.07) is 4.34. The van der Waals surface area contributed by atoms with Crippen molar-refractivity contribution >= 4 is 17.3 Å². The second-order valence-corrected chi connectivity index (χ2v) is 4.75. The molecule has 0 saturated heterocycles. The minimum Gasteiger partial charge on any atom is -0.393 e. The average molecular weight is 295 g/mol. The molecule has 0 spiro atoms. The Morgan fingerprint density at radius 3 is 2.71 bits per heavy atom. The maximum Gasteiger partial charge on any atom is 0.304 e. The van der Waals surface area contributed by atoms with Crippen molar-refractivity contribution < 1.29 is 14.5 Å². The van der Waals surface area contributed by atoms with Crippen molar-refractivity contribution in [3.05, 3.63) is 33.9 Å². The van der Waals surface area contributed by atoms with Gasteiger partial charge in [0.05, 0.1) is 11.5 Å². The largest absolute Gasteiger partial charge is 0.393 e. The van der Waals surface area contributed by atoms with Crippen molar-refractivity contribution in [3.63, 3.8) is 0 Å². The van der Waals surface area contributed by atoms with E-state index >= 15 is 0 Å². The molecule has 0 fully saturated rings. The molecule has 1 atom stereocenters. The maximum absolute atomic E-state index is 12.6. The SMILES string of the molecule is CCC(C)N(CCOC)C(=O)c1cccc(N)c1[N+](=O)[O-]. The molecule has 0 radical (unpaired) electrons. The molecule has 0 aliphatic rings. The zero-order valence-electron chi connectivity index (χ0n) is 12.5. The lowest BCUT2D eigenvalue weighted by molar-refractivity contribution is -0.384. The number of nitro benzene ring substituents is 1. The summed E-state index contributed by atoms with van der Waals surface area (Å²) in [5.74, 6) is -0.402. The molecule has 0 bridgehead atoms. The molecule has 1 aromatic rings. The topological polar surface area (TPSA) is 98.7 Å². The number of nitrogen functional groups attached to an aromatic ring is 1. The molecule has 7 heteroatoms. The van der Waals surface area contributed by atoms with Crippen LogP contribution >= 0.6 is 0 Å². The van der Waals surface area contributed by atoms with Gasteiger partial charge < -0.3 is 15.4 Å². The Labute approximate surface area is 123 Å². The molecule has 1 amide bonds. The first-order chi connectivity index (χ1) is 9.93. The van der Waals surface area contributed by atoms with Crippen molar-refractivity contribution in [1.29, 1.82) is 0 Å². The molecule has 0 saturated carbocycles. The average Bonchev–Trinajstić information content (AvgIpc) is 2.46. The van der Waals surface area contributed by atoms with Crippen LogP contribution in [0.1, 0.15) is 30.6 Å². The first-order valence-electron chi connectivity index (χ1n) is 6.76. The van der Waals surface area contributed by atoms with Gasteiger partial charge in [-0.2, -0.15) is 0 Å². The summed E-state index contributed by atoms with van der Waals surface area (Å²) in [6.07, 6.45) is 0.742.